The van der Waals surface area contributed by atoms with Crippen LogP contribution >= 0.6 is 0 Å². The van der Waals surface area contributed by atoms with Crippen molar-refractivity contribution in [1.29, 1.82) is 5.26 Å². The van der Waals surface area contributed by atoms with Gasteiger partial charge in [0.25, 0.3) is 0 Å². The first-order valence-electron chi connectivity index (χ1n) is 5.01. The molecule has 1 rings (SSSR count). The average Bonchev–Trinajstić information content (AvgIpc) is 2.30. The molecule has 0 aliphatic carbocycles. The van der Waals surface area contributed by atoms with E-state index < -0.39 is 0 Å². The van der Waals surface area contributed by atoms with Crippen molar-refractivity contribution in [3.05, 3.63) is 35.4 Å². The van der Waals surface area contributed by atoms with E-state index in [9.17, 15) is 4.79 Å². The topological polar surface area (TPSA) is 62.1 Å². The molecule has 0 aromatic heterocycles. The van der Waals surface area contributed by atoms with Crippen LogP contribution in [0.25, 0.3) is 0 Å². The maximum atomic E-state index is 11.1. The number of amides is 1. The van der Waals surface area contributed by atoms with Crippen molar-refractivity contribution in [3.8, 4) is 6.07 Å². The van der Waals surface area contributed by atoms with E-state index in [0.29, 0.717) is 18.5 Å². The number of nitrogens with zero attached hydrogens (tertiary/aromatic N) is 1. The van der Waals surface area contributed by atoms with Crippen LogP contribution in [0, 0.1) is 11.3 Å². The zero-order chi connectivity index (χ0) is 11.8. The molecule has 0 radical (unpaired) electrons. The van der Waals surface area contributed by atoms with E-state index in [1.165, 1.54) is 7.11 Å². The summed E-state index contributed by atoms with van der Waals surface area (Å²) in [4.78, 5) is 11.1. The molecule has 1 amide bonds. The number of hydrogen-bond acceptors (Lipinski definition) is 3. The van der Waals surface area contributed by atoms with Crippen LogP contribution in [-0.4, -0.2) is 26.2 Å². The molecule has 0 aliphatic heterocycles. The lowest BCUT2D eigenvalue weighted by atomic mass is 10.1. The molecule has 4 heteroatoms. The Kier molecular flexibility index (Phi) is 5.03. The van der Waals surface area contributed by atoms with Gasteiger partial charge in [0, 0.05) is 13.7 Å². The minimum atomic E-state index is -0.126. The number of benzene rings is 1. The number of hydrogen-bond donors (Lipinski definition) is 1. The van der Waals surface area contributed by atoms with Gasteiger partial charge in [-0.05, 0) is 24.1 Å². The van der Waals surface area contributed by atoms with Gasteiger partial charge in [0.05, 0.1) is 11.6 Å². The highest BCUT2D eigenvalue weighted by Gasteiger charge is 1.99. The number of methoxy groups -OCH3 is 1. The van der Waals surface area contributed by atoms with Crippen LogP contribution in [0.3, 0.4) is 0 Å². The number of nitriles is 1. The van der Waals surface area contributed by atoms with Crippen LogP contribution in [0.5, 0.6) is 0 Å². The minimum absolute atomic E-state index is 0.0816. The van der Waals surface area contributed by atoms with E-state index in [-0.39, 0.29) is 12.5 Å². The second kappa shape index (κ2) is 6.59. The SMILES string of the molecule is COCC(=O)NCCc1cccc(C#N)c1. The van der Waals surface area contributed by atoms with Gasteiger partial charge in [-0.1, -0.05) is 12.1 Å². The summed E-state index contributed by atoms with van der Waals surface area (Å²) in [6, 6.07) is 9.43. The van der Waals surface area contributed by atoms with E-state index >= 15 is 0 Å². The Morgan fingerprint density at radius 1 is 1.56 bits per heavy atom. The minimum Gasteiger partial charge on any atom is -0.375 e. The van der Waals surface area contributed by atoms with E-state index in [2.05, 4.69) is 16.1 Å². The normalized spacial score (nSPS) is 9.50. The summed E-state index contributed by atoms with van der Waals surface area (Å²) in [5.74, 6) is -0.126. The zero-order valence-electron chi connectivity index (χ0n) is 9.19. The Morgan fingerprint density at radius 3 is 3.06 bits per heavy atom. The van der Waals surface area contributed by atoms with Crippen molar-refractivity contribution in [3.63, 3.8) is 0 Å². The van der Waals surface area contributed by atoms with Gasteiger partial charge in [-0.3, -0.25) is 4.79 Å². The van der Waals surface area contributed by atoms with Crippen LogP contribution in [0.4, 0.5) is 0 Å². The fourth-order valence-corrected chi connectivity index (χ4v) is 1.32. The second-order valence-corrected chi connectivity index (χ2v) is 3.35. The zero-order valence-corrected chi connectivity index (χ0v) is 9.19. The summed E-state index contributed by atoms with van der Waals surface area (Å²) < 4.78 is 4.69. The quantitative estimate of drug-likeness (QED) is 0.797. The number of carbonyl (C=O) groups excluding carboxylic acids is 1. The van der Waals surface area contributed by atoms with Crippen molar-refractivity contribution >= 4 is 5.91 Å². The molecule has 0 saturated heterocycles. The third kappa shape index (κ3) is 4.11. The maximum absolute atomic E-state index is 11.1. The molecule has 0 saturated carbocycles. The van der Waals surface area contributed by atoms with Crippen LogP contribution < -0.4 is 5.32 Å². The van der Waals surface area contributed by atoms with Gasteiger partial charge < -0.3 is 10.1 Å². The molecule has 0 aliphatic rings. The summed E-state index contributed by atoms with van der Waals surface area (Å²) >= 11 is 0. The van der Waals surface area contributed by atoms with E-state index in [1.807, 2.05) is 18.2 Å². The van der Waals surface area contributed by atoms with Crippen LogP contribution in [-0.2, 0) is 16.0 Å². The van der Waals surface area contributed by atoms with Gasteiger partial charge in [0.2, 0.25) is 5.91 Å². The Morgan fingerprint density at radius 2 is 2.38 bits per heavy atom. The standard InChI is InChI=1S/C12H14N2O2/c1-16-9-12(15)14-6-5-10-3-2-4-11(7-10)8-13/h2-4,7H,5-6,9H2,1H3,(H,14,15). The van der Waals surface area contributed by atoms with E-state index in [4.69, 9.17) is 5.26 Å². The smallest absolute Gasteiger partial charge is 0.245 e. The molecule has 0 atom stereocenters. The Balaban J connectivity index is 2.37. The van der Waals surface area contributed by atoms with Gasteiger partial charge in [-0.25, -0.2) is 0 Å². The molecule has 1 N–H and O–H groups in total. The molecule has 0 fully saturated rings. The average molecular weight is 218 g/mol. The molecule has 0 bridgehead atoms. The van der Waals surface area contributed by atoms with Crippen molar-refractivity contribution in [2.45, 2.75) is 6.42 Å². The first-order chi connectivity index (χ1) is 7.76. The summed E-state index contributed by atoms with van der Waals surface area (Å²) in [7, 11) is 1.48. The summed E-state index contributed by atoms with van der Waals surface area (Å²) in [5, 5.41) is 11.4. The molecular formula is C12H14N2O2. The Labute approximate surface area is 94.8 Å². The first-order valence-corrected chi connectivity index (χ1v) is 5.01. The summed E-state index contributed by atoms with van der Waals surface area (Å²) in [5.41, 5.74) is 1.68. The maximum Gasteiger partial charge on any atom is 0.245 e. The highest BCUT2D eigenvalue weighted by atomic mass is 16.5. The molecule has 16 heavy (non-hydrogen) atoms. The number of ether oxygens (including phenoxy) is 1. The third-order valence-corrected chi connectivity index (χ3v) is 2.07. The van der Waals surface area contributed by atoms with Crippen LogP contribution in [0.1, 0.15) is 11.1 Å². The highest BCUT2D eigenvalue weighted by Crippen LogP contribution is 2.04. The molecule has 84 valence electrons. The number of rotatable bonds is 5. The lowest BCUT2D eigenvalue weighted by Crippen LogP contribution is -2.28. The molecule has 1 aromatic carbocycles. The van der Waals surface area contributed by atoms with Gasteiger partial charge >= 0.3 is 0 Å². The lowest BCUT2D eigenvalue weighted by molar-refractivity contribution is -0.124. The van der Waals surface area contributed by atoms with Crippen molar-refractivity contribution in [2.75, 3.05) is 20.3 Å². The largest absolute Gasteiger partial charge is 0.375 e. The number of nitrogens with one attached hydrogen (secondary N) is 1. The molecular weight excluding hydrogens is 204 g/mol. The van der Waals surface area contributed by atoms with Gasteiger partial charge in [0.1, 0.15) is 6.61 Å². The third-order valence-electron chi connectivity index (χ3n) is 2.07. The second-order valence-electron chi connectivity index (χ2n) is 3.35. The molecule has 0 spiro atoms. The fraction of sp³-hybridized carbons (Fsp3) is 0.333. The Hall–Kier alpha value is -1.86. The lowest BCUT2D eigenvalue weighted by Gasteiger charge is -2.04. The number of carbonyl (C=O) groups is 1. The predicted molar refractivity (Wildman–Crippen MR) is 59.7 cm³/mol. The monoisotopic (exact) mass is 218 g/mol. The van der Waals surface area contributed by atoms with Gasteiger partial charge in [-0.15, -0.1) is 0 Å². The van der Waals surface area contributed by atoms with Crippen LogP contribution in [0.15, 0.2) is 24.3 Å². The first kappa shape index (κ1) is 12.2. The summed E-state index contributed by atoms with van der Waals surface area (Å²) in [6.07, 6.45) is 0.713. The highest BCUT2D eigenvalue weighted by molar-refractivity contribution is 5.77. The Bertz CT molecular complexity index is 396. The van der Waals surface area contributed by atoms with E-state index in [1.54, 1.807) is 6.07 Å². The molecule has 4 nitrogen and oxygen atoms in total. The molecule has 1 aromatic rings. The van der Waals surface area contributed by atoms with E-state index in [0.717, 1.165) is 5.56 Å². The van der Waals surface area contributed by atoms with Crippen molar-refractivity contribution in [2.24, 2.45) is 0 Å². The van der Waals surface area contributed by atoms with Crippen molar-refractivity contribution < 1.29 is 9.53 Å². The van der Waals surface area contributed by atoms with Gasteiger partial charge in [0.15, 0.2) is 0 Å². The van der Waals surface area contributed by atoms with Crippen molar-refractivity contribution in [1.82, 2.24) is 5.32 Å². The summed E-state index contributed by atoms with van der Waals surface area (Å²) in [6.45, 7) is 0.634. The predicted octanol–water partition coefficient (Wildman–Crippen LogP) is 0.863. The van der Waals surface area contributed by atoms with Crippen LogP contribution in [0.2, 0.25) is 0 Å². The fourth-order valence-electron chi connectivity index (χ4n) is 1.32. The van der Waals surface area contributed by atoms with Gasteiger partial charge in [-0.2, -0.15) is 5.26 Å². The molecule has 0 unspecified atom stereocenters. The molecule has 0 heterocycles.